The van der Waals surface area contributed by atoms with Gasteiger partial charge >= 0.3 is 0 Å². The van der Waals surface area contributed by atoms with Crippen molar-refractivity contribution in [1.82, 2.24) is 24.7 Å². The molecule has 2 aliphatic rings. The summed E-state index contributed by atoms with van der Waals surface area (Å²) in [5, 5.41) is 7.90. The van der Waals surface area contributed by atoms with Crippen LogP contribution in [0.25, 0.3) is 0 Å². The highest BCUT2D eigenvalue weighted by atomic mass is 35.5. The number of anilines is 1. The van der Waals surface area contributed by atoms with Crippen LogP contribution >= 0.6 is 11.6 Å². The van der Waals surface area contributed by atoms with Gasteiger partial charge in [0.05, 0.1) is 22.8 Å². The van der Waals surface area contributed by atoms with Crippen LogP contribution in [0.5, 0.6) is 0 Å². The zero-order valence-electron chi connectivity index (χ0n) is 20.0. The second-order valence-electron chi connectivity index (χ2n) is 9.55. The number of rotatable bonds is 10. The van der Waals surface area contributed by atoms with E-state index < -0.39 is 26.9 Å². The summed E-state index contributed by atoms with van der Waals surface area (Å²) >= 11 is 5.87. The van der Waals surface area contributed by atoms with Crippen LogP contribution in [-0.4, -0.2) is 64.8 Å². The largest absolute Gasteiger partial charge is 0.382 e. The van der Waals surface area contributed by atoms with Gasteiger partial charge in [0.2, 0.25) is 16.0 Å². The number of hydrogen-bond donors (Lipinski definition) is 1. The predicted molar refractivity (Wildman–Crippen MR) is 125 cm³/mol. The minimum atomic E-state index is -3.98. The Morgan fingerprint density at radius 1 is 1.24 bits per heavy atom. The number of halogens is 1. The van der Waals surface area contributed by atoms with Gasteiger partial charge in [0.15, 0.2) is 11.6 Å². The van der Waals surface area contributed by atoms with Gasteiger partial charge in [-0.3, -0.25) is 9.29 Å². The Balaban J connectivity index is 1.65. The molecule has 34 heavy (non-hydrogen) atoms. The molecule has 1 saturated carbocycles. The highest BCUT2D eigenvalue weighted by molar-refractivity contribution is 7.93. The van der Waals surface area contributed by atoms with Gasteiger partial charge in [0.25, 0.3) is 0 Å². The fraction of sp³-hybridized carbons (Fsp3) is 0.714. The summed E-state index contributed by atoms with van der Waals surface area (Å²) in [6, 6.07) is 0. The predicted octanol–water partition coefficient (Wildman–Crippen LogP) is 3.01. The number of aromatic nitrogens is 5. The van der Waals surface area contributed by atoms with E-state index in [1.807, 2.05) is 18.4 Å². The van der Waals surface area contributed by atoms with E-state index in [-0.39, 0.29) is 23.5 Å². The second-order valence-corrected chi connectivity index (χ2v) is 12.0. The Bertz CT molecular complexity index is 1120. The molecule has 3 heterocycles. The molecule has 4 rings (SSSR count). The molecule has 2 fully saturated rings. The molecule has 2 aromatic rings. The molecule has 13 heteroatoms. The van der Waals surface area contributed by atoms with Gasteiger partial charge in [-0.15, -0.1) is 10.2 Å². The second kappa shape index (κ2) is 9.30. The van der Waals surface area contributed by atoms with Crippen molar-refractivity contribution >= 4 is 27.6 Å². The summed E-state index contributed by atoms with van der Waals surface area (Å²) in [7, 11) is -0.944. The van der Waals surface area contributed by atoms with E-state index in [2.05, 4.69) is 24.9 Å². The molecule has 1 saturated heterocycles. The molecular weight excluding hydrogens is 484 g/mol. The molecular formula is C21H31ClN6O5S. The third kappa shape index (κ3) is 4.92. The van der Waals surface area contributed by atoms with E-state index in [0.29, 0.717) is 17.5 Å². The first-order chi connectivity index (χ1) is 16.0. The van der Waals surface area contributed by atoms with Crippen molar-refractivity contribution in [3.05, 3.63) is 29.1 Å². The summed E-state index contributed by atoms with van der Waals surface area (Å²) in [4.78, 5) is 8.25. The maximum Gasteiger partial charge on any atom is 0.240 e. The van der Waals surface area contributed by atoms with Crippen molar-refractivity contribution in [2.24, 2.45) is 0 Å². The Morgan fingerprint density at radius 2 is 1.91 bits per heavy atom. The van der Waals surface area contributed by atoms with Crippen LogP contribution in [0.4, 0.5) is 5.95 Å². The van der Waals surface area contributed by atoms with E-state index in [0.717, 1.165) is 25.7 Å². The topological polar surface area (TPSA) is 130 Å². The molecule has 0 aromatic carbocycles. The molecule has 3 atom stereocenters. The van der Waals surface area contributed by atoms with Crippen LogP contribution in [0.3, 0.4) is 0 Å². The first-order valence-electron chi connectivity index (χ1n) is 11.2. The Kier molecular flexibility index (Phi) is 6.91. The normalized spacial score (nSPS) is 22.9. The summed E-state index contributed by atoms with van der Waals surface area (Å²) in [6.07, 6.45) is 4.90. The van der Waals surface area contributed by atoms with E-state index in [4.69, 9.17) is 25.8 Å². The number of sulfonamides is 1. The van der Waals surface area contributed by atoms with Gasteiger partial charge < -0.3 is 14.2 Å². The van der Waals surface area contributed by atoms with Crippen LogP contribution in [0, 0.1) is 0 Å². The van der Waals surface area contributed by atoms with Gasteiger partial charge in [-0.05, 0) is 46.5 Å². The number of nitrogens with one attached hydrogen (secondary N) is 1. The van der Waals surface area contributed by atoms with Crippen LogP contribution in [0.1, 0.15) is 70.3 Å². The smallest absolute Gasteiger partial charge is 0.240 e. The first kappa shape index (κ1) is 25.2. The van der Waals surface area contributed by atoms with Crippen molar-refractivity contribution in [1.29, 1.82) is 0 Å². The molecule has 188 valence electrons. The molecule has 0 amide bonds. The molecule has 1 aliphatic heterocycles. The van der Waals surface area contributed by atoms with Crippen LogP contribution in [-0.2, 0) is 29.8 Å². The van der Waals surface area contributed by atoms with Crippen molar-refractivity contribution in [3.63, 3.8) is 0 Å². The van der Waals surface area contributed by atoms with E-state index >= 15 is 0 Å². The summed E-state index contributed by atoms with van der Waals surface area (Å²) < 4.78 is 48.4. The molecule has 0 spiro atoms. The summed E-state index contributed by atoms with van der Waals surface area (Å²) in [6.45, 7) is 6.01. The minimum absolute atomic E-state index is 0.136. The van der Waals surface area contributed by atoms with Crippen molar-refractivity contribution in [2.45, 2.75) is 75.1 Å². The van der Waals surface area contributed by atoms with Gasteiger partial charge in [-0.1, -0.05) is 11.6 Å². The highest BCUT2D eigenvalue weighted by Gasteiger charge is 2.50. The van der Waals surface area contributed by atoms with E-state index in [1.54, 1.807) is 7.11 Å². The molecule has 2 aromatic heterocycles. The Morgan fingerprint density at radius 3 is 2.44 bits per heavy atom. The van der Waals surface area contributed by atoms with Gasteiger partial charge in [-0.2, -0.15) is 0 Å². The number of methoxy groups -OCH3 is 2. The van der Waals surface area contributed by atoms with E-state index in [1.165, 1.54) is 26.4 Å². The molecule has 0 radical (unpaired) electrons. The summed E-state index contributed by atoms with van der Waals surface area (Å²) in [5.74, 6) is 0.956. The van der Waals surface area contributed by atoms with Crippen molar-refractivity contribution in [2.75, 3.05) is 25.5 Å². The lowest BCUT2D eigenvalue weighted by molar-refractivity contribution is -0.0229. The van der Waals surface area contributed by atoms with Gasteiger partial charge in [0.1, 0.15) is 17.5 Å². The lowest BCUT2D eigenvalue weighted by Gasteiger charge is -2.26. The molecule has 11 nitrogen and oxygen atoms in total. The Labute approximate surface area is 204 Å². The third-order valence-electron chi connectivity index (χ3n) is 6.46. The zero-order valence-corrected chi connectivity index (χ0v) is 21.6. The SMILES string of the molecule is COCC1(n2c(NS(=O)(=O)C(C)C(OC)c3ncc(Cl)cn3)nnc2[C@@H]2CCC(C)(C)O2)CC1. The standard InChI is InChI=1S/C21H31ClN6O5S/c1-13(16(32-5)17-23-10-14(22)11-24-17)34(29,30)27-19-26-25-18(15-6-7-20(2,3)33-15)28(19)21(8-9-21)12-31-4/h10-11,13,15-16H,6-9,12H2,1-5H3,(H,26,27)/t13?,15-,16?/m0/s1. The fourth-order valence-electron chi connectivity index (χ4n) is 4.41. The molecule has 1 aliphatic carbocycles. The van der Waals surface area contributed by atoms with Gasteiger partial charge in [0, 0.05) is 26.6 Å². The average Bonchev–Trinajstić information content (AvgIpc) is 3.28. The highest BCUT2D eigenvalue weighted by Crippen LogP contribution is 2.49. The maximum absolute atomic E-state index is 13.4. The Hall–Kier alpha value is -1.86. The number of nitrogens with zero attached hydrogens (tertiary/aromatic N) is 5. The lowest BCUT2D eigenvalue weighted by Crippen LogP contribution is -2.35. The van der Waals surface area contributed by atoms with Crippen molar-refractivity contribution < 1.29 is 22.6 Å². The quantitative estimate of drug-likeness (QED) is 0.508. The van der Waals surface area contributed by atoms with Crippen LogP contribution in [0.15, 0.2) is 12.4 Å². The van der Waals surface area contributed by atoms with Crippen LogP contribution in [0.2, 0.25) is 5.02 Å². The van der Waals surface area contributed by atoms with Crippen LogP contribution < -0.4 is 4.72 Å². The maximum atomic E-state index is 13.4. The van der Waals surface area contributed by atoms with Gasteiger partial charge in [-0.25, -0.2) is 18.4 Å². The third-order valence-corrected chi connectivity index (χ3v) is 8.35. The monoisotopic (exact) mass is 514 g/mol. The number of hydrogen-bond acceptors (Lipinski definition) is 9. The first-order valence-corrected chi connectivity index (χ1v) is 13.1. The number of ether oxygens (including phenoxy) is 3. The zero-order chi connectivity index (χ0) is 24.7. The lowest BCUT2D eigenvalue weighted by atomic mass is 10.1. The van der Waals surface area contributed by atoms with Crippen molar-refractivity contribution in [3.8, 4) is 0 Å². The van der Waals surface area contributed by atoms with E-state index in [9.17, 15) is 8.42 Å². The molecule has 0 bridgehead atoms. The molecule has 2 unspecified atom stereocenters. The summed E-state index contributed by atoms with van der Waals surface area (Å²) in [5.41, 5.74) is -0.692. The average molecular weight is 515 g/mol. The minimum Gasteiger partial charge on any atom is -0.382 e. The fourth-order valence-corrected chi connectivity index (χ4v) is 5.63. The molecule has 1 N–H and O–H groups in total.